The van der Waals surface area contributed by atoms with E-state index < -0.39 is 11.9 Å². The summed E-state index contributed by atoms with van der Waals surface area (Å²) in [5.41, 5.74) is -0.990. The van der Waals surface area contributed by atoms with Gasteiger partial charge in [0.25, 0.3) is 0 Å². The minimum absolute atomic E-state index is 0.0899. The third-order valence-electron chi connectivity index (χ3n) is 1.58. The van der Waals surface area contributed by atoms with E-state index in [-0.39, 0.29) is 12.2 Å². The number of nitrogens with zero attached hydrogens (tertiary/aromatic N) is 1. The summed E-state index contributed by atoms with van der Waals surface area (Å²) in [6.45, 7) is 5.57. The van der Waals surface area contributed by atoms with E-state index in [4.69, 9.17) is 4.74 Å². The molecule has 0 amide bonds. The molecule has 0 atom stereocenters. The van der Waals surface area contributed by atoms with Crippen molar-refractivity contribution in [3.63, 3.8) is 0 Å². The quantitative estimate of drug-likeness (QED) is 0.835. The van der Waals surface area contributed by atoms with Crippen LogP contribution >= 0.6 is 0 Å². The van der Waals surface area contributed by atoms with E-state index in [0.29, 0.717) is 5.69 Å². The molecule has 1 heterocycles. The number of aromatic nitrogens is 2. The summed E-state index contributed by atoms with van der Waals surface area (Å²) in [5.74, 6) is 0. The molecule has 0 aliphatic carbocycles. The van der Waals surface area contributed by atoms with Gasteiger partial charge in [0.1, 0.15) is 0 Å². The van der Waals surface area contributed by atoms with E-state index in [2.05, 4.69) is 10.2 Å². The van der Waals surface area contributed by atoms with Crippen molar-refractivity contribution in [3.05, 3.63) is 17.5 Å². The third kappa shape index (κ3) is 3.91. The number of nitrogens with one attached hydrogen (secondary N) is 1. The predicted molar refractivity (Wildman–Crippen MR) is 48.1 cm³/mol. The van der Waals surface area contributed by atoms with Crippen LogP contribution < -0.4 is 0 Å². The number of alkyl halides is 3. The Morgan fingerprint density at radius 2 is 1.93 bits per heavy atom. The average Bonchev–Trinajstić information content (AvgIpc) is 2.45. The molecule has 0 aromatic carbocycles. The topological polar surface area (TPSA) is 37.9 Å². The molecule has 0 radical (unpaired) electrons. The normalized spacial score (nSPS) is 13.2. The first-order valence-corrected chi connectivity index (χ1v) is 4.44. The summed E-state index contributed by atoms with van der Waals surface area (Å²) < 4.78 is 41.8. The Balaban J connectivity index is 2.62. The number of H-pyrrole nitrogens is 1. The van der Waals surface area contributed by atoms with Crippen LogP contribution in [0.4, 0.5) is 13.2 Å². The van der Waals surface area contributed by atoms with Gasteiger partial charge in [0.05, 0.1) is 17.9 Å². The van der Waals surface area contributed by atoms with Crippen molar-refractivity contribution in [2.45, 2.75) is 39.2 Å². The van der Waals surface area contributed by atoms with E-state index in [9.17, 15) is 13.2 Å². The van der Waals surface area contributed by atoms with Gasteiger partial charge in [-0.1, -0.05) is 0 Å². The molecule has 0 fully saturated rings. The molecule has 15 heavy (non-hydrogen) atoms. The van der Waals surface area contributed by atoms with Crippen molar-refractivity contribution in [3.8, 4) is 0 Å². The van der Waals surface area contributed by atoms with Gasteiger partial charge in [-0.15, -0.1) is 0 Å². The first-order valence-electron chi connectivity index (χ1n) is 4.44. The molecular formula is C9H13F3N2O. The first-order chi connectivity index (χ1) is 6.68. The molecule has 0 aliphatic rings. The van der Waals surface area contributed by atoms with Gasteiger partial charge in [0.15, 0.2) is 5.69 Å². The Bertz CT molecular complexity index is 325. The summed E-state index contributed by atoms with van der Waals surface area (Å²) in [6.07, 6.45) is -4.41. The predicted octanol–water partition coefficient (Wildman–Crippen LogP) is 2.74. The van der Waals surface area contributed by atoms with Crippen LogP contribution in [0.2, 0.25) is 0 Å². The smallest absolute Gasteiger partial charge is 0.370 e. The maximum atomic E-state index is 12.2. The molecular weight excluding hydrogens is 209 g/mol. The van der Waals surface area contributed by atoms with Gasteiger partial charge in [0, 0.05) is 0 Å². The molecule has 0 bridgehead atoms. The van der Waals surface area contributed by atoms with Crippen molar-refractivity contribution >= 4 is 0 Å². The van der Waals surface area contributed by atoms with E-state index in [0.717, 1.165) is 6.07 Å². The minimum Gasteiger partial charge on any atom is -0.370 e. The van der Waals surface area contributed by atoms with Gasteiger partial charge in [0.2, 0.25) is 0 Å². The molecule has 1 N–H and O–H groups in total. The summed E-state index contributed by atoms with van der Waals surface area (Å²) in [4.78, 5) is 0. The average molecular weight is 222 g/mol. The van der Waals surface area contributed by atoms with Crippen LogP contribution in [-0.2, 0) is 17.5 Å². The Hall–Kier alpha value is -1.04. The maximum Gasteiger partial charge on any atom is 0.435 e. The van der Waals surface area contributed by atoms with Gasteiger partial charge >= 0.3 is 6.18 Å². The largest absolute Gasteiger partial charge is 0.435 e. The Morgan fingerprint density at radius 3 is 2.33 bits per heavy atom. The highest BCUT2D eigenvalue weighted by Gasteiger charge is 2.33. The SMILES string of the molecule is CC(C)(C)OCc1cc(C(F)(F)F)n[nH]1. The number of halogens is 3. The monoisotopic (exact) mass is 222 g/mol. The van der Waals surface area contributed by atoms with Crippen molar-refractivity contribution in [1.29, 1.82) is 0 Å². The highest BCUT2D eigenvalue weighted by molar-refractivity contribution is 5.10. The lowest BCUT2D eigenvalue weighted by atomic mass is 10.2. The van der Waals surface area contributed by atoms with Crippen molar-refractivity contribution in [2.75, 3.05) is 0 Å². The molecule has 1 rings (SSSR count). The Morgan fingerprint density at radius 1 is 1.33 bits per heavy atom. The van der Waals surface area contributed by atoms with Crippen molar-refractivity contribution in [1.82, 2.24) is 10.2 Å². The fourth-order valence-corrected chi connectivity index (χ4v) is 0.875. The van der Waals surface area contributed by atoms with Crippen LogP contribution in [0.3, 0.4) is 0 Å². The maximum absolute atomic E-state index is 12.2. The molecule has 0 aliphatic heterocycles. The molecule has 6 heteroatoms. The Labute approximate surface area is 85.6 Å². The van der Waals surface area contributed by atoms with Crippen LogP contribution in [0, 0.1) is 0 Å². The third-order valence-corrected chi connectivity index (χ3v) is 1.58. The van der Waals surface area contributed by atoms with Crippen molar-refractivity contribution in [2.24, 2.45) is 0 Å². The summed E-state index contributed by atoms with van der Waals surface area (Å²) in [6, 6.07) is 0.950. The molecule has 0 saturated carbocycles. The molecule has 3 nitrogen and oxygen atoms in total. The van der Waals surface area contributed by atoms with Crippen LogP contribution in [0.5, 0.6) is 0 Å². The lowest BCUT2D eigenvalue weighted by Crippen LogP contribution is -2.18. The van der Waals surface area contributed by atoms with E-state index in [1.165, 1.54) is 0 Å². The number of hydrogen-bond acceptors (Lipinski definition) is 2. The fourth-order valence-electron chi connectivity index (χ4n) is 0.875. The van der Waals surface area contributed by atoms with Gasteiger partial charge < -0.3 is 4.74 Å². The van der Waals surface area contributed by atoms with Crippen LogP contribution in [0.25, 0.3) is 0 Å². The number of hydrogen-bond donors (Lipinski definition) is 1. The number of rotatable bonds is 2. The second-order valence-corrected chi connectivity index (χ2v) is 4.18. The second-order valence-electron chi connectivity index (χ2n) is 4.18. The first kappa shape index (κ1) is 12.0. The molecule has 86 valence electrons. The second kappa shape index (κ2) is 3.84. The van der Waals surface area contributed by atoms with Crippen LogP contribution in [0.15, 0.2) is 6.07 Å². The lowest BCUT2D eigenvalue weighted by molar-refractivity contribution is -0.141. The zero-order valence-corrected chi connectivity index (χ0v) is 8.77. The van der Waals surface area contributed by atoms with Crippen LogP contribution in [0.1, 0.15) is 32.2 Å². The highest BCUT2D eigenvalue weighted by atomic mass is 19.4. The van der Waals surface area contributed by atoms with Gasteiger partial charge in [-0.3, -0.25) is 5.10 Å². The van der Waals surface area contributed by atoms with E-state index >= 15 is 0 Å². The molecule has 0 saturated heterocycles. The van der Waals surface area contributed by atoms with E-state index in [1.807, 2.05) is 20.8 Å². The van der Waals surface area contributed by atoms with Gasteiger partial charge in [-0.05, 0) is 26.8 Å². The van der Waals surface area contributed by atoms with Gasteiger partial charge in [-0.25, -0.2) is 0 Å². The minimum atomic E-state index is -4.41. The lowest BCUT2D eigenvalue weighted by Gasteiger charge is -2.18. The standard InChI is InChI=1S/C9H13F3N2O/c1-8(2,3)15-5-6-4-7(14-13-6)9(10,11)12/h4H,5H2,1-3H3,(H,13,14). The molecule has 1 aromatic heterocycles. The Kier molecular flexibility index (Phi) is 3.08. The van der Waals surface area contributed by atoms with E-state index in [1.54, 1.807) is 0 Å². The molecule has 0 unspecified atom stereocenters. The fraction of sp³-hybridized carbons (Fsp3) is 0.667. The van der Waals surface area contributed by atoms with Gasteiger partial charge in [-0.2, -0.15) is 18.3 Å². The number of aromatic amines is 1. The highest BCUT2D eigenvalue weighted by Crippen LogP contribution is 2.27. The zero-order valence-electron chi connectivity index (χ0n) is 8.77. The van der Waals surface area contributed by atoms with Crippen LogP contribution in [-0.4, -0.2) is 15.8 Å². The van der Waals surface area contributed by atoms with Crippen molar-refractivity contribution < 1.29 is 17.9 Å². The summed E-state index contributed by atoms with van der Waals surface area (Å²) >= 11 is 0. The molecule has 0 spiro atoms. The summed E-state index contributed by atoms with van der Waals surface area (Å²) in [5, 5.41) is 5.45. The summed E-state index contributed by atoms with van der Waals surface area (Å²) in [7, 11) is 0. The zero-order chi connectivity index (χ0) is 11.7. The molecule has 1 aromatic rings. The number of ether oxygens (including phenoxy) is 1.